The molecule has 1 unspecified atom stereocenters. The molecular formula is C12H18ClNO. The first kappa shape index (κ1) is 12.5. The van der Waals surface area contributed by atoms with Crippen LogP contribution in [0, 0.1) is 5.92 Å². The fourth-order valence-corrected chi connectivity index (χ4v) is 1.68. The first-order valence-corrected chi connectivity index (χ1v) is 5.61. The van der Waals surface area contributed by atoms with E-state index in [1.807, 2.05) is 31.2 Å². The Bertz CT molecular complexity index is 303. The van der Waals surface area contributed by atoms with Gasteiger partial charge in [0.2, 0.25) is 0 Å². The van der Waals surface area contributed by atoms with Gasteiger partial charge >= 0.3 is 0 Å². The third-order valence-corrected chi connectivity index (χ3v) is 2.80. The van der Waals surface area contributed by atoms with Crippen LogP contribution in [0.4, 0.5) is 0 Å². The third kappa shape index (κ3) is 3.82. The molecule has 0 heterocycles. The minimum atomic E-state index is 0.211. The molecule has 0 amide bonds. The molecule has 2 N–H and O–H groups in total. The molecule has 0 spiro atoms. The van der Waals surface area contributed by atoms with Gasteiger partial charge in [-0.05, 0) is 24.5 Å². The van der Waals surface area contributed by atoms with E-state index in [0.29, 0.717) is 0 Å². The molecule has 0 bridgehead atoms. The molecule has 1 aromatic carbocycles. The molecule has 2 atom stereocenters. The quantitative estimate of drug-likeness (QED) is 0.811. The standard InChI is InChI=1S/C12H18ClNO/c1-9(8-15)7-14-10(2)11-5-3-4-6-12(11)13/h3-6,9-10,14-15H,7-8H2,1-2H3/t9?,10-/m1/s1. The van der Waals surface area contributed by atoms with E-state index in [9.17, 15) is 0 Å². The van der Waals surface area contributed by atoms with Crippen LogP contribution in [0.25, 0.3) is 0 Å². The maximum atomic E-state index is 8.91. The van der Waals surface area contributed by atoms with Crippen LogP contribution in [0.15, 0.2) is 24.3 Å². The molecule has 0 fully saturated rings. The van der Waals surface area contributed by atoms with Crippen LogP contribution in [0.2, 0.25) is 5.02 Å². The molecule has 2 nitrogen and oxygen atoms in total. The number of benzene rings is 1. The maximum absolute atomic E-state index is 8.91. The van der Waals surface area contributed by atoms with E-state index >= 15 is 0 Å². The summed E-state index contributed by atoms with van der Waals surface area (Å²) in [6, 6.07) is 8.03. The molecule has 1 aromatic rings. The van der Waals surface area contributed by atoms with Crippen molar-refractivity contribution in [1.82, 2.24) is 5.32 Å². The Morgan fingerprint density at radius 1 is 1.33 bits per heavy atom. The Morgan fingerprint density at radius 3 is 2.60 bits per heavy atom. The smallest absolute Gasteiger partial charge is 0.0468 e. The SMILES string of the molecule is CC(CO)CN[C@H](C)c1ccccc1Cl. The van der Waals surface area contributed by atoms with Crippen LogP contribution in [0.1, 0.15) is 25.5 Å². The highest BCUT2D eigenvalue weighted by molar-refractivity contribution is 6.31. The van der Waals surface area contributed by atoms with E-state index in [1.54, 1.807) is 0 Å². The number of nitrogens with one attached hydrogen (secondary N) is 1. The van der Waals surface area contributed by atoms with Crippen LogP contribution in [-0.2, 0) is 0 Å². The highest BCUT2D eigenvalue weighted by Gasteiger charge is 2.09. The Balaban J connectivity index is 2.54. The molecule has 0 aromatic heterocycles. The third-order valence-electron chi connectivity index (χ3n) is 2.46. The summed E-state index contributed by atoms with van der Waals surface area (Å²) in [5.74, 6) is 0.273. The van der Waals surface area contributed by atoms with Gasteiger partial charge < -0.3 is 10.4 Å². The summed E-state index contributed by atoms with van der Waals surface area (Å²) >= 11 is 6.08. The van der Waals surface area contributed by atoms with E-state index < -0.39 is 0 Å². The van der Waals surface area contributed by atoms with Crippen molar-refractivity contribution in [2.24, 2.45) is 5.92 Å². The number of rotatable bonds is 5. The van der Waals surface area contributed by atoms with Gasteiger partial charge in [0.15, 0.2) is 0 Å². The normalized spacial score (nSPS) is 14.9. The number of aliphatic hydroxyl groups excluding tert-OH is 1. The molecule has 1 rings (SSSR count). The second-order valence-corrected chi connectivity index (χ2v) is 4.35. The molecule has 15 heavy (non-hydrogen) atoms. The lowest BCUT2D eigenvalue weighted by atomic mass is 10.1. The molecule has 0 aliphatic rings. The number of hydrogen-bond acceptors (Lipinski definition) is 2. The minimum Gasteiger partial charge on any atom is -0.396 e. The van der Waals surface area contributed by atoms with Gasteiger partial charge in [-0.2, -0.15) is 0 Å². The minimum absolute atomic E-state index is 0.211. The first-order valence-electron chi connectivity index (χ1n) is 5.23. The molecule has 0 aliphatic carbocycles. The van der Waals surface area contributed by atoms with Crippen molar-refractivity contribution in [3.63, 3.8) is 0 Å². The van der Waals surface area contributed by atoms with Gasteiger partial charge in [0.05, 0.1) is 0 Å². The monoisotopic (exact) mass is 227 g/mol. The van der Waals surface area contributed by atoms with Gasteiger partial charge in [0.25, 0.3) is 0 Å². The summed E-state index contributed by atoms with van der Waals surface area (Å²) in [5, 5.41) is 13.0. The predicted molar refractivity (Wildman–Crippen MR) is 64.1 cm³/mol. The Morgan fingerprint density at radius 2 is 2.00 bits per heavy atom. The largest absolute Gasteiger partial charge is 0.396 e. The summed E-state index contributed by atoms with van der Waals surface area (Å²) in [7, 11) is 0. The predicted octanol–water partition coefficient (Wildman–Crippen LogP) is 2.62. The molecule has 0 saturated carbocycles. The second-order valence-electron chi connectivity index (χ2n) is 3.94. The molecular weight excluding hydrogens is 210 g/mol. The zero-order valence-electron chi connectivity index (χ0n) is 9.20. The van der Waals surface area contributed by atoms with Crippen LogP contribution < -0.4 is 5.32 Å². The Hall–Kier alpha value is -0.570. The average molecular weight is 228 g/mol. The number of hydrogen-bond donors (Lipinski definition) is 2. The maximum Gasteiger partial charge on any atom is 0.0468 e. The summed E-state index contributed by atoms with van der Waals surface area (Å²) in [5.41, 5.74) is 1.10. The molecule has 84 valence electrons. The zero-order valence-corrected chi connectivity index (χ0v) is 9.96. The lowest BCUT2D eigenvalue weighted by molar-refractivity contribution is 0.231. The van der Waals surface area contributed by atoms with Crippen molar-refractivity contribution < 1.29 is 5.11 Å². The summed E-state index contributed by atoms with van der Waals surface area (Å²) in [6.07, 6.45) is 0. The number of halogens is 1. The lowest BCUT2D eigenvalue weighted by Gasteiger charge is -2.17. The average Bonchev–Trinajstić information content (AvgIpc) is 2.26. The van der Waals surface area contributed by atoms with Crippen LogP contribution >= 0.6 is 11.6 Å². The van der Waals surface area contributed by atoms with Gasteiger partial charge in [-0.1, -0.05) is 36.7 Å². The highest BCUT2D eigenvalue weighted by Crippen LogP contribution is 2.21. The van der Waals surface area contributed by atoms with Crippen LogP contribution in [0.5, 0.6) is 0 Å². The lowest BCUT2D eigenvalue weighted by Crippen LogP contribution is -2.26. The first-order chi connectivity index (χ1) is 7.15. The van der Waals surface area contributed by atoms with Crippen LogP contribution in [-0.4, -0.2) is 18.3 Å². The Kier molecular flexibility index (Phi) is 5.09. The van der Waals surface area contributed by atoms with Crippen molar-refractivity contribution in [2.45, 2.75) is 19.9 Å². The van der Waals surface area contributed by atoms with Gasteiger partial charge in [0, 0.05) is 24.2 Å². The van der Waals surface area contributed by atoms with E-state index in [4.69, 9.17) is 16.7 Å². The topological polar surface area (TPSA) is 32.3 Å². The molecule has 3 heteroatoms. The van der Waals surface area contributed by atoms with Gasteiger partial charge in [0.1, 0.15) is 0 Å². The van der Waals surface area contributed by atoms with Crippen molar-refractivity contribution >= 4 is 11.6 Å². The Labute approximate surface area is 96.3 Å². The van der Waals surface area contributed by atoms with E-state index in [0.717, 1.165) is 17.1 Å². The van der Waals surface area contributed by atoms with Crippen LogP contribution in [0.3, 0.4) is 0 Å². The summed E-state index contributed by atoms with van der Waals surface area (Å²) in [4.78, 5) is 0. The van der Waals surface area contributed by atoms with Crippen molar-refractivity contribution in [2.75, 3.05) is 13.2 Å². The second kappa shape index (κ2) is 6.11. The molecule has 0 aliphatic heterocycles. The van der Waals surface area contributed by atoms with Gasteiger partial charge in [-0.25, -0.2) is 0 Å². The van der Waals surface area contributed by atoms with E-state index in [2.05, 4.69) is 12.2 Å². The van der Waals surface area contributed by atoms with Crippen molar-refractivity contribution in [1.29, 1.82) is 0 Å². The van der Waals surface area contributed by atoms with Gasteiger partial charge in [-0.3, -0.25) is 0 Å². The highest BCUT2D eigenvalue weighted by atomic mass is 35.5. The molecule has 0 saturated heterocycles. The van der Waals surface area contributed by atoms with E-state index in [-0.39, 0.29) is 18.6 Å². The fourth-order valence-electron chi connectivity index (χ4n) is 1.38. The van der Waals surface area contributed by atoms with E-state index in [1.165, 1.54) is 0 Å². The van der Waals surface area contributed by atoms with Crippen molar-refractivity contribution in [3.8, 4) is 0 Å². The fraction of sp³-hybridized carbons (Fsp3) is 0.500. The summed E-state index contributed by atoms with van der Waals surface area (Å²) in [6.45, 7) is 5.09. The molecule has 0 radical (unpaired) electrons. The summed E-state index contributed by atoms with van der Waals surface area (Å²) < 4.78 is 0. The van der Waals surface area contributed by atoms with Gasteiger partial charge in [-0.15, -0.1) is 0 Å². The number of aliphatic hydroxyl groups is 1. The zero-order chi connectivity index (χ0) is 11.3. The van der Waals surface area contributed by atoms with Crippen molar-refractivity contribution in [3.05, 3.63) is 34.9 Å².